The quantitative estimate of drug-likeness (QED) is 0.878. The van der Waals surface area contributed by atoms with Crippen LogP contribution in [0, 0.1) is 0 Å². The zero-order valence-electron chi connectivity index (χ0n) is 12.0. The van der Waals surface area contributed by atoms with Gasteiger partial charge in [0.2, 0.25) is 0 Å². The van der Waals surface area contributed by atoms with Crippen LogP contribution in [0.2, 0.25) is 0 Å². The summed E-state index contributed by atoms with van der Waals surface area (Å²) in [6, 6.07) is 3.40. The van der Waals surface area contributed by atoms with Gasteiger partial charge in [-0.15, -0.1) is 0 Å². The number of nitrogens with zero attached hydrogens (tertiary/aromatic N) is 1. The number of halogens is 3. The lowest BCUT2D eigenvalue weighted by atomic mass is 9.89. The van der Waals surface area contributed by atoms with Gasteiger partial charge < -0.3 is 15.1 Å². The third kappa shape index (κ3) is 3.41. The second kappa shape index (κ2) is 6.26. The van der Waals surface area contributed by atoms with Crippen molar-refractivity contribution >= 4 is 5.91 Å². The zero-order valence-corrected chi connectivity index (χ0v) is 12.0. The Labute approximate surface area is 126 Å². The molecule has 1 saturated carbocycles. The number of likely N-dealkylation sites (N-methyl/N-ethyl adjacent to an activating group) is 1. The van der Waals surface area contributed by atoms with E-state index < -0.39 is 35.9 Å². The van der Waals surface area contributed by atoms with Crippen LogP contribution in [0.1, 0.15) is 35.2 Å². The van der Waals surface area contributed by atoms with Gasteiger partial charge in [-0.25, -0.2) is 0 Å². The third-order valence-corrected chi connectivity index (χ3v) is 4.07. The van der Waals surface area contributed by atoms with E-state index in [-0.39, 0.29) is 5.56 Å². The van der Waals surface area contributed by atoms with E-state index in [1.807, 2.05) is 0 Å². The molecule has 0 heterocycles. The Morgan fingerprint density at radius 3 is 2.32 bits per heavy atom. The van der Waals surface area contributed by atoms with Crippen LogP contribution in [0.4, 0.5) is 13.2 Å². The van der Waals surface area contributed by atoms with Crippen molar-refractivity contribution in [2.45, 2.75) is 43.7 Å². The van der Waals surface area contributed by atoms with Gasteiger partial charge in [0.15, 0.2) is 0 Å². The number of alkyl halides is 3. The summed E-state index contributed by atoms with van der Waals surface area (Å²) < 4.78 is 37.5. The largest absolute Gasteiger partial charge is 0.416 e. The molecule has 1 aliphatic carbocycles. The summed E-state index contributed by atoms with van der Waals surface area (Å²) in [5.41, 5.74) is -0.706. The number of benzene rings is 1. The van der Waals surface area contributed by atoms with Gasteiger partial charge in [-0.2, -0.15) is 13.2 Å². The van der Waals surface area contributed by atoms with Crippen molar-refractivity contribution in [1.82, 2.24) is 4.90 Å². The van der Waals surface area contributed by atoms with Gasteiger partial charge in [0, 0.05) is 12.6 Å². The number of hydrogen-bond donors (Lipinski definition) is 2. The van der Waals surface area contributed by atoms with Crippen molar-refractivity contribution < 1.29 is 28.2 Å². The second-order valence-corrected chi connectivity index (χ2v) is 5.55. The highest BCUT2D eigenvalue weighted by atomic mass is 19.4. The predicted molar refractivity (Wildman–Crippen MR) is 73.2 cm³/mol. The first-order valence-corrected chi connectivity index (χ1v) is 7.02. The van der Waals surface area contributed by atoms with E-state index in [0.717, 1.165) is 24.3 Å². The molecule has 122 valence electrons. The average molecular weight is 317 g/mol. The third-order valence-electron chi connectivity index (χ3n) is 4.07. The minimum atomic E-state index is -4.45. The van der Waals surface area contributed by atoms with Gasteiger partial charge in [0.05, 0.1) is 17.7 Å². The fourth-order valence-corrected chi connectivity index (χ4v) is 2.71. The molecule has 0 spiro atoms. The van der Waals surface area contributed by atoms with E-state index in [4.69, 9.17) is 0 Å². The number of aliphatic hydroxyl groups is 2. The van der Waals surface area contributed by atoms with E-state index in [0.29, 0.717) is 19.3 Å². The molecule has 7 heteroatoms. The lowest BCUT2D eigenvalue weighted by molar-refractivity contribution is -0.137. The normalized spacial score (nSPS) is 25.8. The summed E-state index contributed by atoms with van der Waals surface area (Å²) in [5, 5.41) is 19.6. The molecule has 3 atom stereocenters. The van der Waals surface area contributed by atoms with Crippen LogP contribution in [-0.4, -0.2) is 46.3 Å². The summed E-state index contributed by atoms with van der Waals surface area (Å²) in [5.74, 6) is -0.480. The second-order valence-electron chi connectivity index (χ2n) is 5.55. The Bertz CT molecular complexity index is 530. The summed E-state index contributed by atoms with van der Waals surface area (Å²) in [7, 11) is 1.48. The molecule has 0 aliphatic heterocycles. The standard InChI is InChI=1S/C15H18F3NO3/c1-19(11-3-2-4-12(20)13(11)21)14(22)9-5-7-10(8-6-9)15(16,17)18/h5-8,11-13,20-21H,2-4H2,1H3/t11-,12-,13-/m1/s1. The topological polar surface area (TPSA) is 60.8 Å². The van der Waals surface area contributed by atoms with Crippen LogP contribution in [0.15, 0.2) is 24.3 Å². The average Bonchev–Trinajstić information content (AvgIpc) is 2.48. The van der Waals surface area contributed by atoms with Crippen molar-refractivity contribution in [3.8, 4) is 0 Å². The number of amides is 1. The van der Waals surface area contributed by atoms with Crippen molar-refractivity contribution in [3.63, 3.8) is 0 Å². The maximum absolute atomic E-state index is 12.5. The molecule has 0 radical (unpaired) electrons. The molecule has 1 aromatic rings. The lowest BCUT2D eigenvalue weighted by Crippen LogP contribution is -2.51. The van der Waals surface area contributed by atoms with Crippen LogP contribution >= 0.6 is 0 Å². The predicted octanol–water partition coefficient (Wildman–Crippen LogP) is 2.05. The van der Waals surface area contributed by atoms with Crippen LogP contribution in [0.25, 0.3) is 0 Å². The summed E-state index contributed by atoms with van der Waals surface area (Å²) >= 11 is 0. The van der Waals surface area contributed by atoms with Crippen molar-refractivity contribution in [3.05, 3.63) is 35.4 Å². The van der Waals surface area contributed by atoms with Gasteiger partial charge in [0.1, 0.15) is 6.10 Å². The zero-order chi connectivity index (χ0) is 16.5. The first kappa shape index (κ1) is 16.8. The highest BCUT2D eigenvalue weighted by Gasteiger charge is 2.35. The maximum atomic E-state index is 12.5. The molecule has 0 aromatic heterocycles. The number of carbonyl (C=O) groups is 1. The monoisotopic (exact) mass is 317 g/mol. The number of carbonyl (C=O) groups excluding carboxylic acids is 1. The van der Waals surface area contributed by atoms with Gasteiger partial charge in [-0.1, -0.05) is 0 Å². The Morgan fingerprint density at radius 2 is 1.77 bits per heavy atom. The summed E-state index contributed by atoms with van der Waals surface area (Å²) in [4.78, 5) is 13.6. The summed E-state index contributed by atoms with van der Waals surface area (Å²) in [6.07, 6.45) is -4.69. The Balaban J connectivity index is 2.13. The fourth-order valence-electron chi connectivity index (χ4n) is 2.71. The molecule has 1 amide bonds. The van der Waals surface area contributed by atoms with E-state index in [9.17, 15) is 28.2 Å². The van der Waals surface area contributed by atoms with Crippen molar-refractivity contribution in [2.75, 3.05) is 7.05 Å². The number of rotatable bonds is 2. The molecule has 1 aromatic carbocycles. The minimum absolute atomic E-state index is 0.114. The molecule has 2 N–H and O–H groups in total. The number of hydrogen-bond acceptors (Lipinski definition) is 3. The molecule has 2 rings (SSSR count). The van der Waals surface area contributed by atoms with E-state index in [1.54, 1.807) is 0 Å². The first-order valence-electron chi connectivity index (χ1n) is 7.02. The Kier molecular flexibility index (Phi) is 4.77. The smallest absolute Gasteiger partial charge is 0.390 e. The molecule has 22 heavy (non-hydrogen) atoms. The number of aliphatic hydroxyl groups excluding tert-OH is 2. The van der Waals surface area contributed by atoms with Gasteiger partial charge in [-0.05, 0) is 43.5 Å². The molecule has 0 saturated heterocycles. The molecular formula is C15H18F3NO3. The van der Waals surface area contributed by atoms with Gasteiger partial charge in [0.25, 0.3) is 5.91 Å². The van der Waals surface area contributed by atoms with Crippen molar-refractivity contribution in [1.29, 1.82) is 0 Å². The fraction of sp³-hybridized carbons (Fsp3) is 0.533. The molecule has 1 aliphatic rings. The van der Waals surface area contributed by atoms with Gasteiger partial charge in [-0.3, -0.25) is 4.79 Å². The van der Waals surface area contributed by atoms with E-state index in [2.05, 4.69) is 0 Å². The molecule has 4 nitrogen and oxygen atoms in total. The lowest BCUT2D eigenvalue weighted by Gasteiger charge is -2.37. The van der Waals surface area contributed by atoms with Crippen LogP contribution in [0.3, 0.4) is 0 Å². The van der Waals surface area contributed by atoms with Crippen LogP contribution in [-0.2, 0) is 6.18 Å². The van der Waals surface area contributed by atoms with Gasteiger partial charge >= 0.3 is 6.18 Å². The highest BCUT2D eigenvalue weighted by molar-refractivity contribution is 5.94. The van der Waals surface area contributed by atoms with Crippen molar-refractivity contribution in [2.24, 2.45) is 0 Å². The first-order chi connectivity index (χ1) is 10.2. The minimum Gasteiger partial charge on any atom is -0.390 e. The van der Waals surface area contributed by atoms with E-state index >= 15 is 0 Å². The van der Waals surface area contributed by atoms with Crippen LogP contribution < -0.4 is 0 Å². The van der Waals surface area contributed by atoms with Crippen LogP contribution in [0.5, 0.6) is 0 Å². The Hall–Kier alpha value is -1.60. The molecular weight excluding hydrogens is 299 g/mol. The maximum Gasteiger partial charge on any atom is 0.416 e. The SMILES string of the molecule is CN(C(=O)c1ccc(C(F)(F)F)cc1)[C@@H]1CCC[C@@H](O)[C@@H]1O. The molecule has 1 fully saturated rings. The Morgan fingerprint density at radius 1 is 1.18 bits per heavy atom. The summed E-state index contributed by atoms with van der Waals surface area (Å²) in [6.45, 7) is 0. The molecule has 0 unspecified atom stereocenters. The van der Waals surface area contributed by atoms with E-state index in [1.165, 1.54) is 11.9 Å². The molecule has 0 bridgehead atoms. The highest BCUT2D eigenvalue weighted by Crippen LogP contribution is 2.29.